The second-order valence-corrected chi connectivity index (χ2v) is 6.67. The molecule has 0 spiro atoms. The Labute approximate surface area is 149 Å². The second-order valence-electron chi connectivity index (χ2n) is 6.67. The molecule has 0 aliphatic carbocycles. The van der Waals surface area contributed by atoms with E-state index in [1.165, 1.54) is 6.07 Å². The van der Waals surface area contributed by atoms with E-state index in [1.54, 1.807) is 4.57 Å². The molecule has 7 heteroatoms. The Bertz CT molecular complexity index is 975. The Morgan fingerprint density at radius 2 is 2.00 bits per heavy atom. The molecule has 1 aliphatic rings. The first-order valence-electron chi connectivity index (χ1n) is 8.72. The van der Waals surface area contributed by atoms with Crippen LogP contribution in [-0.4, -0.2) is 21.1 Å². The molecule has 136 valence electrons. The molecule has 0 fully saturated rings. The second kappa shape index (κ2) is 6.00. The lowest BCUT2D eigenvalue weighted by Gasteiger charge is -2.14. The number of anilines is 1. The summed E-state index contributed by atoms with van der Waals surface area (Å²) in [6.07, 6.45) is -2.75. The Hall–Kier alpha value is -2.57. The Kier molecular flexibility index (Phi) is 3.89. The molecule has 2 aromatic heterocycles. The van der Waals surface area contributed by atoms with Crippen molar-refractivity contribution in [2.24, 2.45) is 0 Å². The molecule has 1 aliphatic heterocycles. The fraction of sp³-hybridized carbons (Fsp3) is 0.368. The molecule has 1 atom stereocenters. The summed E-state index contributed by atoms with van der Waals surface area (Å²) < 4.78 is 41.3. The first-order chi connectivity index (χ1) is 12.4. The number of alkyl halides is 3. The molecule has 0 saturated heterocycles. The number of nitrogens with zero attached hydrogens (tertiary/aromatic N) is 3. The van der Waals surface area contributed by atoms with Crippen molar-refractivity contribution in [2.45, 2.75) is 38.8 Å². The van der Waals surface area contributed by atoms with E-state index in [9.17, 15) is 13.2 Å². The fourth-order valence-electron chi connectivity index (χ4n) is 3.33. The maximum Gasteiger partial charge on any atom is 0.433 e. The summed E-state index contributed by atoms with van der Waals surface area (Å²) >= 11 is 0. The van der Waals surface area contributed by atoms with Crippen LogP contribution in [0.1, 0.15) is 43.3 Å². The maximum atomic E-state index is 13.2. The summed E-state index contributed by atoms with van der Waals surface area (Å²) in [5.74, 6) is 0.838. The number of rotatable bonds is 3. The van der Waals surface area contributed by atoms with Crippen LogP contribution in [0.5, 0.6) is 0 Å². The van der Waals surface area contributed by atoms with Crippen LogP contribution >= 0.6 is 0 Å². The van der Waals surface area contributed by atoms with Gasteiger partial charge in [0.05, 0.1) is 0 Å². The Balaban J connectivity index is 1.97. The van der Waals surface area contributed by atoms with Crippen molar-refractivity contribution in [3.8, 4) is 5.69 Å². The molecule has 3 heterocycles. The van der Waals surface area contributed by atoms with E-state index in [1.807, 2.05) is 32.0 Å². The molecule has 4 rings (SSSR count). The molecule has 0 saturated carbocycles. The van der Waals surface area contributed by atoms with Crippen LogP contribution in [0.3, 0.4) is 0 Å². The summed E-state index contributed by atoms with van der Waals surface area (Å²) in [5.41, 5.74) is 2.87. The van der Waals surface area contributed by atoms with Crippen molar-refractivity contribution >= 4 is 16.9 Å². The predicted octanol–water partition coefficient (Wildman–Crippen LogP) is 4.92. The van der Waals surface area contributed by atoms with Gasteiger partial charge in [-0.15, -0.1) is 0 Å². The number of hydrogen-bond acceptors (Lipinski definition) is 3. The number of hydrogen-bond donors (Lipinski definition) is 1. The number of pyridine rings is 1. The number of benzene rings is 1. The molecule has 3 aromatic rings. The quantitative estimate of drug-likeness (QED) is 0.721. The normalized spacial score (nSPS) is 15.1. The van der Waals surface area contributed by atoms with Gasteiger partial charge in [-0.2, -0.15) is 13.2 Å². The van der Waals surface area contributed by atoms with Gasteiger partial charge < -0.3 is 5.32 Å². The molecule has 0 amide bonds. The molecule has 1 N–H and O–H groups in total. The SMILES string of the molecule is CC[C@@H](C)c1nc2ccc(C(F)(F)F)nc2n1-c1ccc2c(c1)CCN2. The average molecular weight is 360 g/mol. The number of halogens is 3. The van der Waals surface area contributed by atoms with Gasteiger partial charge in [0.15, 0.2) is 5.65 Å². The summed E-state index contributed by atoms with van der Waals surface area (Å²) in [6.45, 7) is 4.94. The van der Waals surface area contributed by atoms with E-state index in [4.69, 9.17) is 0 Å². The number of imidazole rings is 1. The maximum absolute atomic E-state index is 13.2. The molecular formula is C19H19F3N4. The molecule has 1 aromatic carbocycles. The van der Waals surface area contributed by atoms with Crippen LogP contribution in [0, 0.1) is 0 Å². The minimum Gasteiger partial charge on any atom is -0.384 e. The van der Waals surface area contributed by atoms with E-state index in [0.717, 1.165) is 48.2 Å². The molecule has 4 nitrogen and oxygen atoms in total. The number of fused-ring (bicyclic) bond motifs is 2. The van der Waals surface area contributed by atoms with Gasteiger partial charge >= 0.3 is 6.18 Å². The smallest absolute Gasteiger partial charge is 0.384 e. The number of nitrogens with one attached hydrogen (secondary N) is 1. The van der Waals surface area contributed by atoms with Gasteiger partial charge in [-0.25, -0.2) is 9.97 Å². The van der Waals surface area contributed by atoms with Crippen molar-refractivity contribution in [3.05, 3.63) is 47.4 Å². The van der Waals surface area contributed by atoms with Crippen molar-refractivity contribution in [1.29, 1.82) is 0 Å². The van der Waals surface area contributed by atoms with Gasteiger partial charge in [-0.05, 0) is 48.7 Å². The first kappa shape index (κ1) is 16.9. The lowest BCUT2D eigenvalue weighted by molar-refractivity contribution is -0.141. The third kappa shape index (κ3) is 2.71. The van der Waals surface area contributed by atoms with Crippen LogP contribution < -0.4 is 5.32 Å². The van der Waals surface area contributed by atoms with E-state index in [0.29, 0.717) is 5.52 Å². The van der Waals surface area contributed by atoms with Gasteiger partial charge in [0, 0.05) is 23.8 Å². The minimum absolute atomic E-state index is 0.102. The minimum atomic E-state index is -4.48. The average Bonchev–Trinajstić information content (AvgIpc) is 3.22. The molecule has 0 unspecified atom stereocenters. The summed E-state index contributed by atoms with van der Waals surface area (Å²) in [6, 6.07) is 8.29. The van der Waals surface area contributed by atoms with Gasteiger partial charge in [0.1, 0.15) is 17.0 Å². The third-order valence-electron chi connectivity index (χ3n) is 4.93. The standard InChI is InChI=1S/C19H19F3N4/c1-3-11(2)17-24-15-6-7-16(19(20,21)22)25-18(15)26(17)13-4-5-14-12(10-13)8-9-23-14/h4-7,10-11,23H,3,8-9H2,1-2H3/t11-/m1/s1. The van der Waals surface area contributed by atoms with Gasteiger partial charge in [0.2, 0.25) is 0 Å². The molecular weight excluding hydrogens is 341 g/mol. The monoisotopic (exact) mass is 360 g/mol. The number of aromatic nitrogens is 3. The summed E-state index contributed by atoms with van der Waals surface area (Å²) in [7, 11) is 0. The van der Waals surface area contributed by atoms with Gasteiger partial charge in [0.25, 0.3) is 0 Å². The highest BCUT2D eigenvalue weighted by atomic mass is 19.4. The third-order valence-corrected chi connectivity index (χ3v) is 4.93. The fourth-order valence-corrected chi connectivity index (χ4v) is 3.33. The molecule has 0 bridgehead atoms. The summed E-state index contributed by atoms with van der Waals surface area (Å²) in [5, 5.41) is 3.30. The van der Waals surface area contributed by atoms with Crippen LogP contribution in [0.2, 0.25) is 0 Å². The largest absolute Gasteiger partial charge is 0.433 e. The van der Waals surface area contributed by atoms with Gasteiger partial charge in [-0.3, -0.25) is 4.57 Å². The first-order valence-corrected chi connectivity index (χ1v) is 8.72. The summed E-state index contributed by atoms with van der Waals surface area (Å²) in [4.78, 5) is 8.51. The predicted molar refractivity (Wildman–Crippen MR) is 94.8 cm³/mol. The Morgan fingerprint density at radius 3 is 2.73 bits per heavy atom. The van der Waals surface area contributed by atoms with E-state index in [2.05, 4.69) is 15.3 Å². The van der Waals surface area contributed by atoms with E-state index in [-0.39, 0.29) is 11.6 Å². The molecule has 0 radical (unpaired) electrons. The van der Waals surface area contributed by atoms with Crippen LogP contribution in [0.15, 0.2) is 30.3 Å². The van der Waals surface area contributed by atoms with Crippen molar-refractivity contribution < 1.29 is 13.2 Å². The topological polar surface area (TPSA) is 42.7 Å². The van der Waals surface area contributed by atoms with Crippen molar-refractivity contribution in [1.82, 2.24) is 14.5 Å². The lowest BCUT2D eigenvalue weighted by atomic mass is 10.1. The Morgan fingerprint density at radius 1 is 1.19 bits per heavy atom. The highest BCUT2D eigenvalue weighted by Gasteiger charge is 2.33. The zero-order valence-corrected chi connectivity index (χ0v) is 14.6. The van der Waals surface area contributed by atoms with Crippen LogP contribution in [0.4, 0.5) is 18.9 Å². The van der Waals surface area contributed by atoms with Crippen LogP contribution in [0.25, 0.3) is 16.9 Å². The zero-order valence-electron chi connectivity index (χ0n) is 14.6. The van der Waals surface area contributed by atoms with E-state index < -0.39 is 11.9 Å². The van der Waals surface area contributed by atoms with Crippen LogP contribution in [-0.2, 0) is 12.6 Å². The molecule has 26 heavy (non-hydrogen) atoms. The lowest BCUT2D eigenvalue weighted by Crippen LogP contribution is -2.10. The van der Waals surface area contributed by atoms with Crippen molar-refractivity contribution in [3.63, 3.8) is 0 Å². The zero-order chi connectivity index (χ0) is 18.5. The highest BCUT2D eigenvalue weighted by molar-refractivity contribution is 5.75. The van der Waals surface area contributed by atoms with Gasteiger partial charge in [-0.1, -0.05) is 13.8 Å². The van der Waals surface area contributed by atoms with E-state index >= 15 is 0 Å². The highest BCUT2D eigenvalue weighted by Crippen LogP contribution is 2.33. The van der Waals surface area contributed by atoms with Crippen molar-refractivity contribution in [2.75, 3.05) is 11.9 Å².